The second kappa shape index (κ2) is 5.93. The highest BCUT2D eigenvalue weighted by molar-refractivity contribution is 5.73. The van der Waals surface area contributed by atoms with Gasteiger partial charge in [0.1, 0.15) is 6.04 Å². The van der Waals surface area contributed by atoms with Crippen molar-refractivity contribution in [3.63, 3.8) is 0 Å². The molecule has 5 heteroatoms. The van der Waals surface area contributed by atoms with Gasteiger partial charge in [-0.15, -0.1) is 0 Å². The molecule has 0 rings (SSSR count). The molecule has 2 atom stereocenters. The van der Waals surface area contributed by atoms with Crippen molar-refractivity contribution in [1.29, 1.82) is 0 Å². The predicted octanol–water partition coefficient (Wildman–Crippen LogP) is -1.29. The second-order valence-corrected chi connectivity index (χ2v) is 2.79. The molecule has 0 saturated heterocycles. The second-order valence-electron chi connectivity index (χ2n) is 2.79. The molecule has 0 radical (unpaired) electrons. The Morgan fingerprint density at radius 1 is 1.42 bits per heavy atom. The molecule has 0 bridgehead atoms. The van der Waals surface area contributed by atoms with Gasteiger partial charge in [0.2, 0.25) is 0 Å². The third-order valence-electron chi connectivity index (χ3n) is 1.87. The quantitative estimate of drug-likeness (QED) is 0.401. The van der Waals surface area contributed by atoms with Gasteiger partial charge in [-0.1, -0.05) is 0 Å². The van der Waals surface area contributed by atoms with Crippen LogP contribution in [0.4, 0.5) is 0 Å². The van der Waals surface area contributed by atoms with Gasteiger partial charge in [-0.3, -0.25) is 4.79 Å². The number of hydrogen-bond donors (Lipinski definition) is 4. The molecule has 5 nitrogen and oxygen atoms in total. The van der Waals surface area contributed by atoms with Crippen molar-refractivity contribution in [2.24, 2.45) is 23.1 Å². The highest BCUT2D eigenvalue weighted by atomic mass is 16.4. The van der Waals surface area contributed by atoms with E-state index in [4.69, 9.17) is 22.3 Å². The summed E-state index contributed by atoms with van der Waals surface area (Å²) in [5.41, 5.74) is 16.0. The molecule has 0 aromatic rings. The van der Waals surface area contributed by atoms with E-state index >= 15 is 0 Å². The van der Waals surface area contributed by atoms with Crippen molar-refractivity contribution in [2.75, 3.05) is 13.1 Å². The van der Waals surface area contributed by atoms with Gasteiger partial charge in [-0.25, -0.2) is 0 Å². The van der Waals surface area contributed by atoms with Gasteiger partial charge in [0.05, 0.1) is 0 Å². The van der Waals surface area contributed by atoms with Crippen LogP contribution in [0, 0.1) is 5.92 Å². The summed E-state index contributed by atoms with van der Waals surface area (Å²) >= 11 is 0. The molecular formula is C7H17N3O2. The summed E-state index contributed by atoms with van der Waals surface area (Å²) in [7, 11) is 0. The maximum Gasteiger partial charge on any atom is 0.320 e. The number of carboxylic acid groups (broad SMARTS) is 1. The predicted molar refractivity (Wildman–Crippen MR) is 46.4 cm³/mol. The number of nitrogens with two attached hydrogens (primary N) is 3. The molecule has 0 amide bonds. The molecule has 0 aliphatic carbocycles. The number of hydrogen-bond acceptors (Lipinski definition) is 4. The molecule has 0 heterocycles. The van der Waals surface area contributed by atoms with Crippen molar-refractivity contribution in [3.05, 3.63) is 0 Å². The molecule has 0 fully saturated rings. The van der Waals surface area contributed by atoms with Gasteiger partial charge >= 0.3 is 5.97 Å². The van der Waals surface area contributed by atoms with Crippen molar-refractivity contribution >= 4 is 5.97 Å². The first-order valence-electron chi connectivity index (χ1n) is 4.02. The van der Waals surface area contributed by atoms with E-state index in [1.165, 1.54) is 0 Å². The third-order valence-corrected chi connectivity index (χ3v) is 1.87. The van der Waals surface area contributed by atoms with E-state index in [-0.39, 0.29) is 5.92 Å². The van der Waals surface area contributed by atoms with E-state index in [1.807, 2.05) is 0 Å². The lowest BCUT2D eigenvalue weighted by atomic mass is 9.95. The minimum absolute atomic E-state index is 0.161. The van der Waals surface area contributed by atoms with Crippen LogP contribution in [0.1, 0.15) is 12.8 Å². The number of rotatable bonds is 6. The Hall–Kier alpha value is -0.650. The summed E-state index contributed by atoms with van der Waals surface area (Å²) in [6, 6.07) is -0.860. The van der Waals surface area contributed by atoms with E-state index in [0.29, 0.717) is 19.5 Å². The van der Waals surface area contributed by atoms with Crippen LogP contribution in [0.5, 0.6) is 0 Å². The normalized spacial score (nSPS) is 15.6. The van der Waals surface area contributed by atoms with Crippen LogP contribution in [0.3, 0.4) is 0 Å². The summed E-state index contributed by atoms with van der Waals surface area (Å²) in [4.78, 5) is 10.5. The van der Waals surface area contributed by atoms with Crippen molar-refractivity contribution in [1.82, 2.24) is 0 Å². The third kappa shape index (κ3) is 3.66. The Kier molecular flexibility index (Phi) is 5.61. The minimum Gasteiger partial charge on any atom is -0.480 e. The van der Waals surface area contributed by atoms with Crippen LogP contribution >= 0.6 is 0 Å². The zero-order chi connectivity index (χ0) is 9.56. The van der Waals surface area contributed by atoms with Gasteiger partial charge < -0.3 is 22.3 Å². The fourth-order valence-corrected chi connectivity index (χ4v) is 1.03. The summed E-state index contributed by atoms with van der Waals surface area (Å²) in [6.45, 7) is 0.844. The lowest BCUT2D eigenvalue weighted by molar-refractivity contribution is -0.139. The maximum absolute atomic E-state index is 10.5. The minimum atomic E-state index is -0.998. The van der Waals surface area contributed by atoms with Gasteiger partial charge in [-0.2, -0.15) is 0 Å². The monoisotopic (exact) mass is 175 g/mol. The molecule has 0 aliphatic heterocycles. The fraction of sp³-hybridized carbons (Fsp3) is 0.857. The molecule has 2 unspecified atom stereocenters. The SMILES string of the molecule is NCCCC(CN)C(N)C(=O)O. The van der Waals surface area contributed by atoms with Crippen LogP contribution in [0.25, 0.3) is 0 Å². The van der Waals surface area contributed by atoms with Crippen LogP contribution < -0.4 is 17.2 Å². The van der Waals surface area contributed by atoms with Crippen molar-refractivity contribution in [2.45, 2.75) is 18.9 Å². The van der Waals surface area contributed by atoms with Gasteiger partial charge in [0.25, 0.3) is 0 Å². The van der Waals surface area contributed by atoms with Crippen molar-refractivity contribution in [3.8, 4) is 0 Å². The van der Waals surface area contributed by atoms with Crippen LogP contribution in [0.15, 0.2) is 0 Å². The molecule has 72 valence electrons. The summed E-state index contributed by atoms with van der Waals surface area (Å²) < 4.78 is 0. The number of carbonyl (C=O) groups is 1. The largest absolute Gasteiger partial charge is 0.480 e. The Balaban J connectivity index is 3.87. The zero-order valence-corrected chi connectivity index (χ0v) is 7.07. The zero-order valence-electron chi connectivity index (χ0n) is 7.07. The first kappa shape index (κ1) is 11.4. The van der Waals surface area contributed by atoms with Gasteiger partial charge in [0, 0.05) is 0 Å². The average molecular weight is 175 g/mol. The first-order valence-corrected chi connectivity index (χ1v) is 4.02. The summed E-state index contributed by atoms with van der Waals surface area (Å²) in [5, 5.41) is 8.57. The topological polar surface area (TPSA) is 115 Å². The van der Waals surface area contributed by atoms with E-state index in [9.17, 15) is 4.79 Å². The number of aliphatic carboxylic acids is 1. The lowest BCUT2D eigenvalue weighted by Gasteiger charge is -2.17. The molecular weight excluding hydrogens is 158 g/mol. The van der Waals surface area contributed by atoms with Crippen LogP contribution in [-0.4, -0.2) is 30.2 Å². The van der Waals surface area contributed by atoms with E-state index in [2.05, 4.69) is 0 Å². The standard InChI is InChI=1S/C7H17N3O2/c8-3-1-2-5(4-9)6(10)7(11)12/h5-6H,1-4,8-10H2,(H,11,12). The summed E-state index contributed by atoms with van der Waals surface area (Å²) in [5.74, 6) is -1.16. The summed E-state index contributed by atoms with van der Waals surface area (Å²) in [6.07, 6.45) is 1.45. The lowest BCUT2D eigenvalue weighted by Crippen LogP contribution is -2.41. The molecule has 12 heavy (non-hydrogen) atoms. The Morgan fingerprint density at radius 3 is 2.33 bits per heavy atom. The first-order chi connectivity index (χ1) is 5.63. The molecule has 0 aliphatic rings. The van der Waals surface area contributed by atoms with Crippen LogP contribution in [0.2, 0.25) is 0 Å². The highest BCUT2D eigenvalue weighted by Gasteiger charge is 2.21. The van der Waals surface area contributed by atoms with Gasteiger partial charge in [0.15, 0.2) is 0 Å². The molecule has 0 aromatic heterocycles. The van der Waals surface area contributed by atoms with Gasteiger partial charge in [-0.05, 0) is 31.8 Å². The average Bonchev–Trinajstić information content (AvgIpc) is 2.05. The van der Waals surface area contributed by atoms with E-state index < -0.39 is 12.0 Å². The van der Waals surface area contributed by atoms with Crippen LogP contribution in [-0.2, 0) is 4.79 Å². The molecule has 0 spiro atoms. The Bertz CT molecular complexity index is 141. The smallest absolute Gasteiger partial charge is 0.320 e. The molecule has 0 aromatic carbocycles. The Morgan fingerprint density at radius 2 is 2.00 bits per heavy atom. The van der Waals surface area contributed by atoms with E-state index in [0.717, 1.165) is 6.42 Å². The molecule has 0 saturated carbocycles. The number of carboxylic acids is 1. The Labute approximate surface area is 71.9 Å². The fourth-order valence-electron chi connectivity index (χ4n) is 1.03. The van der Waals surface area contributed by atoms with E-state index in [1.54, 1.807) is 0 Å². The maximum atomic E-state index is 10.5. The van der Waals surface area contributed by atoms with Crippen molar-refractivity contribution < 1.29 is 9.90 Å². The highest BCUT2D eigenvalue weighted by Crippen LogP contribution is 2.07. The molecule has 7 N–H and O–H groups in total.